The molecule has 3 nitrogen and oxygen atoms in total. The fourth-order valence-electron chi connectivity index (χ4n) is 2.29. The monoisotopic (exact) mass is 229 g/mol. The van der Waals surface area contributed by atoms with Gasteiger partial charge in [-0.05, 0) is 37.4 Å². The van der Waals surface area contributed by atoms with Gasteiger partial charge in [0, 0.05) is 13.1 Å². The van der Waals surface area contributed by atoms with Crippen LogP contribution in [0.3, 0.4) is 0 Å². The fraction of sp³-hybridized carbons (Fsp3) is 0.500. The van der Waals surface area contributed by atoms with Gasteiger partial charge >= 0.3 is 0 Å². The van der Waals surface area contributed by atoms with E-state index < -0.39 is 5.54 Å². The highest BCUT2D eigenvalue weighted by Crippen LogP contribution is 2.22. The topological polar surface area (TPSA) is 53.1 Å². The van der Waals surface area contributed by atoms with Crippen LogP contribution in [0.5, 0.6) is 0 Å². The van der Waals surface area contributed by atoms with Crippen LogP contribution in [-0.4, -0.2) is 17.0 Å². The number of nitrogens with two attached hydrogens (primary N) is 1. The number of hydrogen-bond donors (Lipinski definition) is 1. The molecular weight excluding hydrogens is 210 g/mol. The standard InChI is InChI=1S/C14H19N3/c1-14(16,11-15)7-4-8-17-9-12-5-2-3-6-13(12)10-17/h2-3,5-6H,4,7-10,16H2,1H3. The predicted molar refractivity (Wildman–Crippen MR) is 68.0 cm³/mol. The van der Waals surface area contributed by atoms with E-state index in [2.05, 4.69) is 35.2 Å². The van der Waals surface area contributed by atoms with Crippen molar-refractivity contribution >= 4 is 0 Å². The first kappa shape index (κ1) is 12.1. The van der Waals surface area contributed by atoms with Gasteiger partial charge in [-0.1, -0.05) is 24.3 Å². The summed E-state index contributed by atoms with van der Waals surface area (Å²) in [6, 6.07) is 10.7. The predicted octanol–water partition coefficient (Wildman–Crippen LogP) is 2.02. The highest BCUT2D eigenvalue weighted by Gasteiger charge is 2.20. The number of nitriles is 1. The molecule has 1 atom stereocenters. The number of nitrogens with zero attached hydrogens (tertiary/aromatic N) is 2. The van der Waals surface area contributed by atoms with E-state index in [9.17, 15) is 0 Å². The van der Waals surface area contributed by atoms with E-state index in [1.807, 2.05) is 0 Å². The minimum absolute atomic E-state index is 0.674. The van der Waals surface area contributed by atoms with Crippen LogP contribution in [0.1, 0.15) is 30.9 Å². The molecule has 0 aliphatic carbocycles. The average Bonchev–Trinajstić information content (AvgIpc) is 2.71. The van der Waals surface area contributed by atoms with Crippen molar-refractivity contribution in [3.8, 4) is 6.07 Å². The molecule has 0 saturated carbocycles. The van der Waals surface area contributed by atoms with E-state index in [1.165, 1.54) is 11.1 Å². The average molecular weight is 229 g/mol. The fourth-order valence-corrected chi connectivity index (χ4v) is 2.29. The number of rotatable bonds is 4. The van der Waals surface area contributed by atoms with Crippen LogP contribution >= 0.6 is 0 Å². The molecule has 1 unspecified atom stereocenters. The number of fused-ring (bicyclic) bond motifs is 1. The number of hydrogen-bond acceptors (Lipinski definition) is 3. The molecule has 17 heavy (non-hydrogen) atoms. The molecule has 0 saturated heterocycles. The first-order valence-electron chi connectivity index (χ1n) is 6.10. The van der Waals surface area contributed by atoms with Crippen LogP contribution in [0.2, 0.25) is 0 Å². The van der Waals surface area contributed by atoms with Crippen molar-refractivity contribution in [3.63, 3.8) is 0 Å². The van der Waals surface area contributed by atoms with Crippen LogP contribution in [0, 0.1) is 11.3 Å². The first-order valence-corrected chi connectivity index (χ1v) is 6.10. The van der Waals surface area contributed by atoms with E-state index >= 15 is 0 Å². The number of benzene rings is 1. The zero-order valence-electron chi connectivity index (χ0n) is 10.3. The van der Waals surface area contributed by atoms with Crippen molar-refractivity contribution in [1.29, 1.82) is 5.26 Å². The smallest absolute Gasteiger partial charge is 0.101 e. The third-order valence-electron chi connectivity index (χ3n) is 3.33. The Balaban J connectivity index is 1.80. The van der Waals surface area contributed by atoms with Crippen molar-refractivity contribution in [2.24, 2.45) is 5.73 Å². The summed E-state index contributed by atoms with van der Waals surface area (Å²) in [5.41, 5.74) is 8.00. The minimum atomic E-state index is -0.674. The van der Waals surface area contributed by atoms with Crippen LogP contribution < -0.4 is 5.73 Å². The Morgan fingerprint density at radius 2 is 1.94 bits per heavy atom. The second-order valence-electron chi connectivity index (χ2n) is 5.11. The summed E-state index contributed by atoms with van der Waals surface area (Å²) in [6.45, 7) is 4.88. The molecule has 0 radical (unpaired) electrons. The molecule has 0 aromatic heterocycles. The first-order chi connectivity index (χ1) is 8.11. The van der Waals surface area contributed by atoms with E-state index in [4.69, 9.17) is 11.0 Å². The molecule has 1 heterocycles. The highest BCUT2D eigenvalue weighted by molar-refractivity contribution is 5.30. The summed E-state index contributed by atoms with van der Waals surface area (Å²) in [5.74, 6) is 0. The molecule has 2 N–H and O–H groups in total. The Labute approximate surface area is 103 Å². The van der Waals surface area contributed by atoms with Crippen molar-refractivity contribution in [2.45, 2.75) is 38.4 Å². The van der Waals surface area contributed by atoms with Gasteiger partial charge in [0.2, 0.25) is 0 Å². The summed E-state index contributed by atoms with van der Waals surface area (Å²) in [4.78, 5) is 2.41. The Morgan fingerprint density at radius 1 is 1.35 bits per heavy atom. The molecule has 90 valence electrons. The van der Waals surface area contributed by atoms with Gasteiger partial charge in [-0.25, -0.2) is 0 Å². The third kappa shape index (κ3) is 3.06. The lowest BCUT2D eigenvalue weighted by atomic mass is 9.99. The molecule has 0 bridgehead atoms. The van der Waals surface area contributed by atoms with Crippen molar-refractivity contribution in [1.82, 2.24) is 4.90 Å². The zero-order chi connectivity index (χ0) is 12.3. The molecule has 0 spiro atoms. The van der Waals surface area contributed by atoms with Gasteiger partial charge in [-0.2, -0.15) is 5.26 Å². The molecular formula is C14H19N3. The third-order valence-corrected chi connectivity index (χ3v) is 3.33. The van der Waals surface area contributed by atoms with Crippen molar-refractivity contribution in [2.75, 3.05) is 6.54 Å². The van der Waals surface area contributed by atoms with Gasteiger partial charge in [-0.3, -0.25) is 4.90 Å². The van der Waals surface area contributed by atoms with E-state index in [1.54, 1.807) is 6.92 Å². The largest absolute Gasteiger partial charge is 0.314 e. The Morgan fingerprint density at radius 3 is 2.47 bits per heavy atom. The lowest BCUT2D eigenvalue weighted by Gasteiger charge is -2.18. The lowest BCUT2D eigenvalue weighted by molar-refractivity contribution is 0.271. The molecule has 1 aliphatic heterocycles. The van der Waals surface area contributed by atoms with Gasteiger partial charge in [0.15, 0.2) is 0 Å². The molecule has 3 heteroatoms. The maximum atomic E-state index is 8.84. The summed E-state index contributed by atoms with van der Waals surface area (Å²) < 4.78 is 0. The quantitative estimate of drug-likeness (QED) is 0.859. The minimum Gasteiger partial charge on any atom is -0.314 e. The molecule has 2 rings (SSSR count). The van der Waals surface area contributed by atoms with Crippen LogP contribution in [0.4, 0.5) is 0 Å². The molecule has 1 aromatic rings. The van der Waals surface area contributed by atoms with Crippen LogP contribution in [0.15, 0.2) is 24.3 Å². The maximum absolute atomic E-state index is 8.84. The van der Waals surface area contributed by atoms with Gasteiger partial charge in [0.1, 0.15) is 5.54 Å². The molecule has 0 amide bonds. The van der Waals surface area contributed by atoms with Gasteiger partial charge in [-0.15, -0.1) is 0 Å². The van der Waals surface area contributed by atoms with Gasteiger partial charge < -0.3 is 5.73 Å². The summed E-state index contributed by atoms with van der Waals surface area (Å²) >= 11 is 0. The second kappa shape index (κ2) is 4.87. The maximum Gasteiger partial charge on any atom is 0.101 e. The molecule has 1 aromatic carbocycles. The normalized spacial score (nSPS) is 18.4. The van der Waals surface area contributed by atoms with Crippen molar-refractivity contribution in [3.05, 3.63) is 35.4 Å². The SMILES string of the molecule is CC(N)(C#N)CCCN1Cc2ccccc2C1. The molecule has 0 fully saturated rings. The summed E-state index contributed by atoms with van der Waals surface area (Å²) in [6.07, 6.45) is 1.74. The summed E-state index contributed by atoms with van der Waals surface area (Å²) in [5, 5.41) is 8.84. The Hall–Kier alpha value is -1.37. The van der Waals surface area contributed by atoms with Gasteiger partial charge in [0.25, 0.3) is 0 Å². The highest BCUT2D eigenvalue weighted by atomic mass is 15.1. The van der Waals surface area contributed by atoms with E-state index in [-0.39, 0.29) is 0 Å². The Kier molecular flexibility index (Phi) is 3.46. The zero-order valence-corrected chi connectivity index (χ0v) is 10.3. The lowest BCUT2D eigenvalue weighted by Crippen LogP contribution is -2.35. The van der Waals surface area contributed by atoms with E-state index in [0.717, 1.165) is 32.5 Å². The van der Waals surface area contributed by atoms with Crippen LogP contribution in [0.25, 0.3) is 0 Å². The molecule has 1 aliphatic rings. The van der Waals surface area contributed by atoms with Crippen LogP contribution in [-0.2, 0) is 13.1 Å². The summed E-state index contributed by atoms with van der Waals surface area (Å²) in [7, 11) is 0. The van der Waals surface area contributed by atoms with Gasteiger partial charge in [0.05, 0.1) is 6.07 Å². The second-order valence-corrected chi connectivity index (χ2v) is 5.11. The van der Waals surface area contributed by atoms with E-state index in [0.29, 0.717) is 0 Å². The Bertz CT molecular complexity index is 406. The van der Waals surface area contributed by atoms with Crippen molar-refractivity contribution < 1.29 is 0 Å².